The van der Waals surface area contributed by atoms with Crippen molar-refractivity contribution in [1.29, 1.82) is 0 Å². The third-order valence-electron chi connectivity index (χ3n) is 5.56. The third kappa shape index (κ3) is 21.8. The predicted molar refractivity (Wildman–Crippen MR) is 135 cm³/mol. The van der Waals surface area contributed by atoms with Crippen molar-refractivity contribution in [1.82, 2.24) is 0 Å². The van der Waals surface area contributed by atoms with E-state index in [0.29, 0.717) is 19.6 Å². The van der Waals surface area contributed by atoms with E-state index in [4.69, 9.17) is 9.47 Å². The number of ether oxygens (including phenoxy) is 2. The number of esters is 1. The summed E-state index contributed by atoms with van der Waals surface area (Å²) in [5, 5.41) is 0. The lowest BCUT2D eigenvalue weighted by Gasteiger charge is -2.15. The fraction of sp³-hybridized carbons (Fsp3) is 0.786. The molecule has 186 valence electrons. The Balaban J connectivity index is 3.65. The van der Waals surface area contributed by atoms with Crippen molar-refractivity contribution in [3.8, 4) is 0 Å². The summed E-state index contributed by atoms with van der Waals surface area (Å²) >= 11 is 0. The van der Waals surface area contributed by atoms with E-state index in [1.807, 2.05) is 6.92 Å². The van der Waals surface area contributed by atoms with Crippen LogP contribution in [0.3, 0.4) is 0 Å². The van der Waals surface area contributed by atoms with Crippen LogP contribution in [-0.4, -0.2) is 31.1 Å². The Morgan fingerprint density at radius 2 is 1.25 bits per heavy atom. The second-order valence-electron chi connectivity index (χ2n) is 8.56. The zero-order chi connectivity index (χ0) is 23.7. The van der Waals surface area contributed by atoms with Gasteiger partial charge in [-0.3, -0.25) is 4.79 Å². The van der Waals surface area contributed by atoms with E-state index in [9.17, 15) is 9.59 Å². The minimum absolute atomic E-state index is 0.0564. The number of allylic oxidation sites excluding steroid dienone is 3. The standard InChI is InChI=1S/C28H50O4/c1-4-7-8-9-10-11-12-13-14-15-16-17-18-19-20-21-22-27(31-5-2)25-26(29)23-24-28(30)32-6-3/h11-12,23-24,27H,4-10,13-22,25H2,1-3H3/b12-11-,24-23+. The van der Waals surface area contributed by atoms with Gasteiger partial charge < -0.3 is 9.47 Å². The summed E-state index contributed by atoms with van der Waals surface area (Å²) in [4.78, 5) is 23.3. The first kappa shape index (κ1) is 30.6. The van der Waals surface area contributed by atoms with Crippen LogP contribution in [0, 0.1) is 0 Å². The number of hydrogen-bond donors (Lipinski definition) is 0. The Kier molecular flexibility index (Phi) is 23.2. The van der Waals surface area contributed by atoms with Crippen LogP contribution in [-0.2, 0) is 19.1 Å². The first-order chi connectivity index (χ1) is 15.6. The summed E-state index contributed by atoms with van der Waals surface area (Å²) in [6, 6.07) is 0. The van der Waals surface area contributed by atoms with Gasteiger partial charge in [0, 0.05) is 19.1 Å². The van der Waals surface area contributed by atoms with Crippen LogP contribution in [0.5, 0.6) is 0 Å². The van der Waals surface area contributed by atoms with E-state index in [-0.39, 0.29) is 11.9 Å². The molecule has 0 N–H and O–H groups in total. The van der Waals surface area contributed by atoms with E-state index < -0.39 is 5.97 Å². The second-order valence-corrected chi connectivity index (χ2v) is 8.56. The summed E-state index contributed by atoms with van der Waals surface area (Å²) in [6.07, 6.45) is 26.5. The molecule has 0 saturated heterocycles. The van der Waals surface area contributed by atoms with Crippen LogP contribution in [0.1, 0.15) is 124 Å². The Morgan fingerprint density at radius 3 is 1.81 bits per heavy atom. The SMILES string of the molecule is CCCCCC/C=C\CCCCCCCCCCC(CC(=O)/C=C/C(=O)OCC)OCC. The molecular formula is C28H50O4. The van der Waals surface area contributed by atoms with Gasteiger partial charge in [-0.15, -0.1) is 0 Å². The molecule has 0 aromatic heterocycles. The van der Waals surface area contributed by atoms with Gasteiger partial charge in [-0.25, -0.2) is 4.79 Å². The van der Waals surface area contributed by atoms with Gasteiger partial charge >= 0.3 is 5.97 Å². The van der Waals surface area contributed by atoms with Crippen molar-refractivity contribution in [2.24, 2.45) is 0 Å². The van der Waals surface area contributed by atoms with E-state index in [2.05, 4.69) is 19.1 Å². The summed E-state index contributed by atoms with van der Waals surface area (Å²) in [6.45, 7) is 6.88. The summed E-state index contributed by atoms with van der Waals surface area (Å²) < 4.78 is 10.5. The van der Waals surface area contributed by atoms with Gasteiger partial charge in [-0.1, -0.05) is 83.3 Å². The van der Waals surface area contributed by atoms with Crippen LogP contribution >= 0.6 is 0 Å². The van der Waals surface area contributed by atoms with Gasteiger partial charge in [0.15, 0.2) is 5.78 Å². The highest BCUT2D eigenvalue weighted by Gasteiger charge is 2.12. The molecule has 0 fully saturated rings. The monoisotopic (exact) mass is 450 g/mol. The van der Waals surface area contributed by atoms with E-state index in [0.717, 1.165) is 12.8 Å². The van der Waals surface area contributed by atoms with Crippen molar-refractivity contribution < 1.29 is 19.1 Å². The summed E-state index contributed by atoms with van der Waals surface area (Å²) in [5.41, 5.74) is 0. The quantitative estimate of drug-likeness (QED) is 0.0687. The maximum Gasteiger partial charge on any atom is 0.330 e. The molecule has 1 unspecified atom stereocenters. The zero-order valence-electron chi connectivity index (χ0n) is 21.2. The van der Waals surface area contributed by atoms with Crippen molar-refractivity contribution in [2.75, 3.05) is 13.2 Å². The molecule has 0 radical (unpaired) electrons. The van der Waals surface area contributed by atoms with Crippen molar-refractivity contribution in [3.63, 3.8) is 0 Å². The van der Waals surface area contributed by atoms with Gasteiger partial charge in [-0.2, -0.15) is 0 Å². The molecule has 0 aliphatic rings. The Labute approximate surface area is 198 Å². The molecule has 1 atom stereocenters. The molecule has 0 saturated carbocycles. The minimum atomic E-state index is -0.469. The molecule has 0 heterocycles. The van der Waals surface area contributed by atoms with Gasteiger partial charge in [-0.05, 0) is 52.0 Å². The number of ketones is 1. The maximum absolute atomic E-state index is 12.0. The Bertz CT molecular complexity index is 496. The van der Waals surface area contributed by atoms with Gasteiger partial charge in [0.1, 0.15) is 0 Å². The van der Waals surface area contributed by atoms with Crippen molar-refractivity contribution in [2.45, 2.75) is 130 Å². The number of unbranched alkanes of at least 4 members (excludes halogenated alkanes) is 12. The lowest BCUT2D eigenvalue weighted by Crippen LogP contribution is -2.17. The maximum atomic E-state index is 12.0. The van der Waals surface area contributed by atoms with Crippen LogP contribution in [0.4, 0.5) is 0 Å². The predicted octanol–water partition coefficient (Wildman–Crippen LogP) is 7.90. The topological polar surface area (TPSA) is 52.6 Å². The minimum Gasteiger partial charge on any atom is -0.463 e. The first-order valence-corrected chi connectivity index (χ1v) is 13.3. The Morgan fingerprint density at radius 1 is 0.688 bits per heavy atom. The average molecular weight is 451 g/mol. The highest BCUT2D eigenvalue weighted by atomic mass is 16.5. The first-order valence-electron chi connectivity index (χ1n) is 13.3. The highest BCUT2D eigenvalue weighted by molar-refractivity contribution is 5.96. The molecule has 0 rings (SSSR count). The molecule has 32 heavy (non-hydrogen) atoms. The van der Waals surface area contributed by atoms with Gasteiger partial charge in [0.05, 0.1) is 12.7 Å². The summed E-state index contributed by atoms with van der Waals surface area (Å²) in [5.74, 6) is -0.550. The van der Waals surface area contributed by atoms with E-state index in [1.165, 1.54) is 95.6 Å². The fourth-order valence-corrected chi connectivity index (χ4v) is 3.74. The normalized spacial score (nSPS) is 12.6. The van der Waals surface area contributed by atoms with Crippen molar-refractivity contribution >= 4 is 11.8 Å². The summed E-state index contributed by atoms with van der Waals surface area (Å²) in [7, 11) is 0. The molecule has 0 spiro atoms. The lowest BCUT2D eigenvalue weighted by molar-refractivity contribution is -0.137. The molecule has 0 aliphatic heterocycles. The van der Waals surface area contributed by atoms with Crippen LogP contribution < -0.4 is 0 Å². The largest absolute Gasteiger partial charge is 0.463 e. The average Bonchev–Trinajstić information content (AvgIpc) is 2.77. The molecule has 0 amide bonds. The second kappa shape index (κ2) is 24.2. The number of carbonyl (C=O) groups is 2. The molecule has 4 heteroatoms. The van der Waals surface area contributed by atoms with Gasteiger partial charge in [0.2, 0.25) is 0 Å². The van der Waals surface area contributed by atoms with E-state index >= 15 is 0 Å². The smallest absolute Gasteiger partial charge is 0.330 e. The van der Waals surface area contributed by atoms with Gasteiger partial charge in [0.25, 0.3) is 0 Å². The van der Waals surface area contributed by atoms with Crippen LogP contribution in [0.2, 0.25) is 0 Å². The third-order valence-corrected chi connectivity index (χ3v) is 5.56. The molecule has 0 aliphatic carbocycles. The Hall–Kier alpha value is -1.42. The highest BCUT2D eigenvalue weighted by Crippen LogP contribution is 2.15. The zero-order valence-corrected chi connectivity index (χ0v) is 21.2. The molecule has 0 aromatic rings. The molecule has 4 nitrogen and oxygen atoms in total. The number of hydrogen-bond acceptors (Lipinski definition) is 4. The molecule has 0 bridgehead atoms. The number of rotatable bonds is 23. The van der Waals surface area contributed by atoms with Crippen LogP contribution in [0.15, 0.2) is 24.3 Å². The molecule has 0 aromatic carbocycles. The van der Waals surface area contributed by atoms with Crippen molar-refractivity contribution in [3.05, 3.63) is 24.3 Å². The van der Waals surface area contributed by atoms with E-state index in [1.54, 1.807) is 6.92 Å². The number of carbonyl (C=O) groups excluding carboxylic acids is 2. The lowest BCUT2D eigenvalue weighted by atomic mass is 10.0. The van der Waals surface area contributed by atoms with Crippen LogP contribution in [0.25, 0.3) is 0 Å². The molecular weight excluding hydrogens is 400 g/mol. The fourth-order valence-electron chi connectivity index (χ4n) is 3.74.